The standard InChI is InChI=1S/C25H31ClN2O3/c1-16(2)18-5-7-19(8-6-18)17(3)27-24(29)20-11-13-28(14-12-20)25(30)22-15-21(26)9-10-23(22)31-4/h5-10,15-17,20H,11-14H2,1-4H3,(H,27,29). The molecule has 1 N–H and O–H groups in total. The van der Waals surface area contributed by atoms with Crippen LogP contribution in [0.3, 0.4) is 0 Å². The average Bonchev–Trinajstić information content (AvgIpc) is 2.78. The van der Waals surface area contributed by atoms with Crippen LogP contribution in [0.15, 0.2) is 42.5 Å². The van der Waals surface area contributed by atoms with Gasteiger partial charge in [0, 0.05) is 24.0 Å². The fourth-order valence-electron chi connectivity index (χ4n) is 3.95. The van der Waals surface area contributed by atoms with E-state index in [0.717, 1.165) is 5.56 Å². The van der Waals surface area contributed by atoms with E-state index in [9.17, 15) is 9.59 Å². The third-order valence-corrected chi connectivity index (χ3v) is 6.24. The van der Waals surface area contributed by atoms with Gasteiger partial charge in [0.1, 0.15) is 5.75 Å². The summed E-state index contributed by atoms with van der Waals surface area (Å²) in [5.74, 6) is 0.831. The number of methoxy groups -OCH3 is 1. The van der Waals surface area contributed by atoms with Crippen LogP contribution in [-0.4, -0.2) is 36.9 Å². The van der Waals surface area contributed by atoms with Crippen molar-refractivity contribution in [3.05, 3.63) is 64.2 Å². The summed E-state index contributed by atoms with van der Waals surface area (Å²) >= 11 is 6.07. The first-order valence-electron chi connectivity index (χ1n) is 10.8. The van der Waals surface area contributed by atoms with E-state index < -0.39 is 0 Å². The largest absolute Gasteiger partial charge is 0.496 e. The molecule has 0 saturated carbocycles. The molecule has 1 fully saturated rings. The maximum Gasteiger partial charge on any atom is 0.257 e. The molecule has 1 saturated heterocycles. The molecular formula is C25H31ClN2O3. The highest BCUT2D eigenvalue weighted by molar-refractivity contribution is 6.31. The molecule has 31 heavy (non-hydrogen) atoms. The highest BCUT2D eigenvalue weighted by Gasteiger charge is 2.29. The fourth-order valence-corrected chi connectivity index (χ4v) is 4.12. The molecule has 0 aromatic heterocycles. The van der Waals surface area contributed by atoms with Crippen LogP contribution in [-0.2, 0) is 4.79 Å². The highest BCUT2D eigenvalue weighted by atomic mass is 35.5. The van der Waals surface area contributed by atoms with Gasteiger partial charge in [-0.25, -0.2) is 0 Å². The van der Waals surface area contributed by atoms with Crippen LogP contribution in [0.2, 0.25) is 5.02 Å². The Morgan fingerprint density at radius 2 is 1.65 bits per heavy atom. The summed E-state index contributed by atoms with van der Waals surface area (Å²) in [6.45, 7) is 7.40. The second-order valence-electron chi connectivity index (χ2n) is 8.46. The van der Waals surface area contributed by atoms with E-state index in [1.54, 1.807) is 23.1 Å². The number of hydrogen-bond donors (Lipinski definition) is 1. The van der Waals surface area contributed by atoms with Crippen molar-refractivity contribution in [3.8, 4) is 5.75 Å². The molecule has 2 aromatic carbocycles. The summed E-state index contributed by atoms with van der Waals surface area (Å²) in [7, 11) is 1.54. The van der Waals surface area contributed by atoms with Gasteiger partial charge in [-0.05, 0) is 55.0 Å². The van der Waals surface area contributed by atoms with Gasteiger partial charge in [-0.15, -0.1) is 0 Å². The van der Waals surface area contributed by atoms with Crippen molar-refractivity contribution in [3.63, 3.8) is 0 Å². The molecule has 1 aliphatic rings. The van der Waals surface area contributed by atoms with Gasteiger partial charge < -0.3 is 15.0 Å². The first-order valence-corrected chi connectivity index (χ1v) is 11.2. The molecule has 0 bridgehead atoms. The number of nitrogens with zero attached hydrogens (tertiary/aromatic N) is 1. The monoisotopic (exact) mass is 442 g/mol. The maximum absolute atomic E-state index is 12.9. The Morgan fingerprint density at radius 3 is 2.23 bits per heavy atom. The van der Waals surface area contributed by atoms with Crippen LogP contribution >= 0.6 is 11.6 Å². The second-order valence-corrected chi connectivity index (χ2v) is 8.90. The van der Waals surface area contributed by atoms with E-state index in [-0.39, 0.29) is 23.8 Å². The number of carbonyl (C=O) groups is 2. The predicted molar refractivity (Wildman–Crippen MR) is 124 cm³/mol. The van der Waals surface area contributed by atoms with E-state index in [1.165, 1.54) is 12.7 Å². The molecule has 3 rings (SSSR count). The molecule has 166 valence electrons. The molecular weight excluding hydrogens is 412 g/mol. The fraction of sp³-hybridized carbons (Fsp3) is 0.440. The third kappa shape index (κ3) is 5.59. The Balaban J connectivity index is 1.56. The number of amides is 2. The molecule has 5 nitrogen and oxygen atoms in total. The summed E-state index contributed by atoms with van der Waals surface area (Å²) in [6, 6.07) is 13.4. The number of piperidine rings is 1. The lowest BCUT2D eigenvalue weighted by Crippen LogP contribution is -2.43. The van der Waals surface area contributed by atoms with E-state index in [4.69, 9.17) is 16.3 Å². The van der Waals surface area contributed by atoms with E-state index in [1.807, 2.05) is 6.92 Å². The van der Waals surface area contributed by atoms with Crippen LogP contribution < -0.4 is 10.1 Å². The van der Waals surface area contributed by atoms with Crippen molar-refractivity contribution in [2.24, 2.45) is 5.92 Å². The molecule has 0 spiro atoms. The zero-order valence-electron chi connectivity index (χ0n) is 18.7. The van der Waals surface area contributed by atoms with Gasteiger partial charge in [0.25, 0.3) is 5.91 Å². The first kappa shape index (κ1) is 23.1. The number of benzene rings is 2. The first-order chi connectivity index (χ1) is 14.8. The topological polar surface area (TPSA) is 58.6 Å². The van der Waals surface area contributed by atoms with E-state index in [0.29, 0.717) is 48.2 Å². The van der Waals surface area contributed by atoms with Crippen LogP contribution in [0.1, 0.15) is 67.1 Å². The van der Waals surface area contributed by atoms with E-state index >= 15 is 0 Å². The number of likely N-dealkylation sites (tertiary alicyclic amines) is 1. The zero-order valence-corrected chi connectivity index (χ0v) is 19.4. The third-order valence-electron chi connectivity index (χ3n) is 6.01. The predicted octanol–water partition coefficient (Wildman–Crippen LogP) is 5.20. The van der Waals surface area contributed by atoms with Crippen molar-refractivity contribution in [1.82, 2.24) is 10.2 Å². The second kappa shape index (κ2) is 10.2. The van der Waals surface area contributed by atoms with Gasteiger partial charge >= 0.3 is 0 Å². The van der Waals surface area contributed by atoms with Gasteiger partial charge in [0.15, 0.2) is 0 Å². The Labute approximate surface area is 189 Å². The summed E-state index contributed by atoms with van der Waals surface area (Å²) < 4.78 is 5.31. The minimum atomic E-state index is -0.114. The Morgan fingerprint density at radius 1 is 1.03 bits per heavy atom. The van der Waals surface area contributed by atoms with Crippen molar-refractivity contribution in [2.75, 3.05) is 20.2 Å². The summed E-state index contributed by atoms with van der Waals surface area (Å²) in [5.41, 5.74) is 2.84. The number of halogens is 1. The molecule has 1 atom stereocenters. The molecule has 1 unspecified atom stereocenters. The molecule has 2 amide bonds. The number of carbonyl (C=O) groups excluding carboxylic acids is 2. The molecule has 0 radical (unpaired) electrons. The quantitative estimate of drug-likeness (QED) is 0.668. The Hall–Kier alpha value is -2.53. The molecule has 2 aromatic rings. The van der Waals surface area contributed by atoms with Crippen LogP contribution in [0.4, 0.5) is 0 Å². The minimum Gasteiger partial charge on any atom is -0.496 e. The molecule has 1 aliphatic heterocycles. The van der Waals surface area contributed by atoms with Crippen molar-refractivity contribution in [2.45, 2.75) is 45.6 Å². The van der Waals surface area contributed by atoms with Crippen LogP contribution in [0, 0.1) is 5.92 Å². The normalized spacial score (nSPS) is 15.6. The number of nitrogens with one attached hydrogen (secondary N) is 1. The molecule has 1 heterocycles. The summed E-state index contributed by atoms with van der Waals surface area (Å²) in [5, 5.41) is 3.63. The molecule has 6 heteroatoms. The van der Waals surface area contributed by atoms with Crippen molar-refractivity contribution < 1.29 is 14.3 Å². The lowest BCUT2D eigenvalue weighted by Gasteiger charge is -2.32. The number of hydrogen-bond acceptors (Lipinski definition) is 3. The maximum atomic E-state index is 12.9. The highest BCUT2D eigenvalue weighted by Crippen LogP contribution is 2.27. The lowest BCUT2D eigenvalue weighted by molar-refractivity contribution is -0.127. The van der Waals surface area contributed by atoms with E-state index in [2.05, 4.69) is 43.4 Å². The van der Waals surface area contributed by atoms with Crippen LogP contribution in [0.5, 0.6) is 5.75 Å². The smallest absolute Gasteiger partial charge is 0.257 e. The van der Waals surface area contributed by atoms with Gasteiger partial charge in [-0.1, -0.05) is 49.7 Å². The Kier molecular flexibility index (Phi) is 7.60. The van der Waals surface area contributed by atoms with Crippen molar-refractivity contribution in [1.29, 1.82) is 0 Å². The molecule has 0 aliphatic carbocycles. The minimum absolute atomic E-state index is 0.0490. The summed E-state index contributed by atoms with van der Waals surface area (Å²) in [4.78, 5) is 27.5. The SMILES string of the molecule is COc1ccc(Cl)cc1C(=O)N1CCC(C(=O)NC(C)c2ccc(C(C)C)cc2)CC1. The van der Waals surface area contributed by atoms with Gasteiger partial charge in [0.05, 0.1) is 18.7 Å². The number of rotatable bonds is 6. The zero-order chi connectivity index (χ0) is 22.5. The number of ether oxygens (including phenoxy) is 1. The van der Waals surface area contributed by atoms with Crippen LogP contribution in [0.25, 0.3) is 0 Å². The van der Waals surface area contributed by atoms with Gasteiger partial charge in [-0.3, -0.25) is 9.59 Å². The van der Waals surface area contributed by atoms with Gasteiger partial charge in [0.2, 0.25) is 5.91 Å². The van der Waals surface area contributed by atoms with Crippen molar-refractivity contribution >= 4 is 23.4 Å². The lowest BCUT2D eigenvalue weighted by atomic mass is 9.94. The summed E-state index contributed by atoms with van der Waals surface area (Å²) in [6.07, 6.45) is 1.28. The average molecular weight is 443 g/mol. The Bertz CT molecular complexity index is 919. The van der Waals surface area contributed by atoms with Gasteiger partial charge in [-0.2, -0.15) is 0 Å².